The second kappa shape index (κ2) is 3.97. The number of likely N-dealkylation sites (tertiary alicyclic amines) is 1. The average Bonchev–Trinajstić information content (AvgIpc) is 2.80. The van der Waals surface area contributed by atoms with Gasteiger partial charge in [-0.2, -0.15) is 0 Å². The minimum Gasteiger partial charge on any atom is -0.392 e. The van der Waals surface area contributed by atoms with Crippen molar-refractivity contribution in [1.29, 1.82) is 0 Å². The van der Waals surface area contributed by atoms with Crippen LogP contribution in [0.5, 0.6) is 0 Å². The molecule has 1 aliphatic carbocycles. The van der Waals surface area contributed by atoms with Crippen molar-refractivity contribution in [3.05, 3.63) is 0 Å². The first kappa shape index (κ1) is 9.47. The first-order chi connectivity index (χ1) is 6.29. The van der Waals surface area contributed by atoms with Crippen molar-refractivity contribution in [3.8, 4) is 0 Å². The van der Waals surface area contributed by atoms with E-state index in [2.05, 4.69) is 11.8 Å². The molecule has 2 aliphatic rings. The van der Waals surface area contributed by atoms with Crippen LogP contribution in [0.25, 0.3) is 0 Å². The van der Waals surface area contributed by atoms with Crippen molar-refractivity contribution in [2.75, 3.05) is 13.1 Å². The topological polar surface area (TPSA) is 23.5 Å². The maximum atomic E-state index is 9.59. The van der Waals surface area contributed by atoms with Gasteiger partial charge in [-0.15, -0.1) is 0 Å². The van der Waals surface area contributed by atoms with E-state index in [1.54, 1.807) is 0 Å². The molecule has 1 saturated heterocycles. The number of aliphatic hydroxyl groups is 1. The fourth-order valence-corrected chi connectivity index (χ4v) is 2.45. The Morgan fingerprint density at radius 1 is 1.38 bits per heavy atom. The molecule has 0 aromatic heterocycles. The minimum absolute atomic E-state index is 0.0460. The molecule has 0 bridgehead atoms. The van der Waals surface area contributed by atoms with Crippen LogP contribution in [0.2, 0.25) is 0 Å². The van der Waals surface area contributed by atoms with Crippen LogP contribution in [0.4, 0.5) is 0 Å². The summed E-state index contributed by atoms with van der Waals surface area (Å²) < 4.78 is 0. The van der Waals surface area contributed by atoms with Gasteiger partial charge in [0.05, 0.1) is 6.10 Å². The first-order valence-corrected chi connectivity index (χ1v) is 5.71. The molecule has 0 aromatic rings. The molecule has 2 nitrogen and oxygen atoms in total. The smallest absolute Gasteiger partial charge is 0.0682 e. The normalized spacial score (nSPS) is 35.5. The van der Waals surface area contributed by atoms with Crippen LogP contribution in [0.15, 0.2) is 0 Å². The van der Waals surface area contributed by atoms with E-state index in [0.717, 1.165) is 18.9 Å². The largest absolute Gasteiger partial charge is 0.392 e. The molecule has 0 aromatic carbocycles. The van der Waals surface area contributed by atoms with Gasteiger partial charge in [-0.05, 0) is 31.6 Å². The number of hydrogen-bond donors (Lipinski definition) is 1. The molecule has 1 aliphatic heterocycles. The highest BCUT2D eigenvalue weighted by Gasteiger charge is 2.34. The molecule has 2 heteroatoms. The highest BCUT2D eigenvalue weighted by atomic mass is 16.3. The van der Waals surface area contributed by atoms with Gasteiger partial charge in [0.25, 0.3) is 0 Å². The van der Waals surface area contributed by atoms with Gasteiger partial charge in [-0.1, -0.05) is 13.3 Å². The summed E-state index contributed by atoms with van der Waals surface area (Å²) in [6.07, 6.45) is 6.33. The summed E-state index contributed by atoms with van der Waals surface area (Å²) in [6, 6.07) is 0.681. The van der Waals surface area contributed by atoms with Gasteiger partial charge in [0.1, 0.15) is 0 Å². The summed E-state index contributed by atoms with van der Waals surface area (Å²) in [6.45, 7) is 4.42. The number of aliphatic hydroxyl groups excluding tert-OH is 1. The molecule has 1 heterocycles. The van der Waals surface area contributed by atoms with Gasteiger partial charge in [0, 0.05) is 19.1 Å². The predicted molar refractivity (Wildman–Crippen MR) is 53.6 cm³/mol. The third kappa shape index (κ3) is 2.44. The van der Waals surface area contributed by atoms with E-state index in [0.29, 0.717) is 6.04 Å². The Bertz CT molecular complexity index is 167. The Balaban J connectivity index is 1.82. The quantitative estimate of drug-likeness (QED) is 0.716. The molecule has 0 spiro atoms. The lowest BCUT2D eigenvalue weighted by Crippen LogP contribution is -2.31. The van der Waals surface area contributed by atoms with Crippen LogP contribution in [-0.4, -0.2) is 35.2 Å². The van der Waals surface area contributed by atoms with E-state index in [-0.39, 0.29) is 6.10 Å². The molecule has 13 heavy (non-hydrogen) atoms. The molecule has 2 atom stereocenters. The molecule has 0 unspecified atom stereocenters. The van der Waals surface area contributed by atoms with Crippen LogP contribution in [0, 0.1) is 5.92 Å². The lowest BCUT2D eigenvalue weighted by atomic mass is 10.1. The summed E-state index contributed by atoms with van der Waals surface area (Å²) in [5.41, 5.74) is 0. The first-order valence-electron chi connectivity index (χ1n) is 5.71. The minimum atomic E-state index is -0.0460. The number of β-amino-alcohol motifs (C(OH)–C–C–N with tert-alkyl or cyclic N) is 1. The Morgan fingerprint density at radius 2 is 2.15 bits per heavy atom. The average molecular weight is 183 g/mol. The van der Waals surface area contributed by atoms with Crippen molar-refractivity contribution >= 4 is 0 Å². The molecule has 0 amide bonds. The Labute approximate surface area is 80.9 Å². The van der Waals surface area contributed by atoms with Crippen LogP contribution < -0.4 is 0 Å². The van der Waals surface area contributed by atoms with Crippen molar-refractivity contribution in [3.63, 3.8) is 0 Å². The van der Waals surface area contributed by atoms with Crippen molar-refractivity contribution in [1.82, 2.24) is 4.90 Å². The lowest BCUT2D eigenvalue weighted by molar-refractivity contribution is 0.172. The van der Waals surface area contributed by atoms with Crippen molar-refractivity contribution < 1.29 is 5.11 Å². The summed E-state index contributed by atoms with van der Waals surface area (Å²) in [4.78, 5) is 2.52. The van der Waals surface area contributed by atoms with Crippen LogP contribution in [0.3, 0.4) is 0 Å². The van der Waals surface area contributed by atoms with Crippen molar-refractivity contribution in [2.45, 2.75) is 51.2 Å². The third-order valence-corrected chi connectivity index (χ3v) is 3.32. The zero-order chi connectivity index (χ0) is 9.26. The van der Waals surface area contributed by atoms with E-state index >= 15 is 0 Å². The Morgan fingerprint density at radius 3 is 2.77 bits per heavy atom. The van der Waals surface area contributed by atoms with Gasteiger partial charge in [-0.25, -0.2) is 0 Å². The van der Waals surface area contributed by atoms with Crippen LogP contribution in [-0.2, 0) is 0 Å². The zero-order valence-corrected chi connectivity index (χ0v) is 8.58. The molecular weight excluding hydrogens is 162 g/mol. The fraction of sp³-hybridized carbons (Fsp3) is 1.00. The van der Waals surface area contributed by atoms with E-state index < -0.39 is 0 Å². The summed E-state index contributed by atoms with van der Waals surface area (Å²) in [5.74, 6) is 0.963. The molecule has 1 N–H and O–H groups in total. The maximum absolute atomic E-state index is 9.59. The highest BCUT2D eigenvalue weighted by molar-refractivity contribution is 4.88. The molecule has 76 valence electrons. The standard InChI is InChI=1S/C11H21NO/c1-2-3-10-6-11(13)8-12(10)7-9-4-5-9/h9-11,13H,2-8H2,1H3/t10-,11+/m0/s1. The van der Waals surface area contributed by atoms with Crippen LogP contribution in [0.1, 0.15) is 39.0 Å². The third-order valence-electron chi connectivity index (χ3n) is 3.32. The van der Waals surface area contributed by atoms with Gasteiger partial charge < -0.3 is 5.11 Å². The maximum Gasteiger partial charge on any atom is 0.0682 e. The second-order valence-corrected chi connectivity index (χ2v) is 4.73. The molecule has 1 saturated carbocycles. The molecule has 2 fully saturated rings. The Kier molecular flexibility index (Phi) is 2.89. The van der Waals surface area contributed by atoms with E-state index in [9.17, 15) is 5.11 Å². The predicted octanol–water partition coefficient (Wildman–Crippen LogP) is 1.63. The zero-order valence-electron chi connectivity index (χ0n) is 8.58. The molecule has 2 rings (SSSR count). The van der Waals surface area contributed by atoms with Crippen molar-refractivity contribution in [2.24, 2.45) is 5.92 Å². The lowest BCUT2D eigenvalue weighted by Gasteiger charge is -2.23. The van der Waals surface area contributed by atoms with Crippen LogP contribution >= 0.6 is 0 Å². The van der Waals surface area contributed by atoms with E-state index in [4.69, 9.17) is 0 Å². The monoisotopic (exact) mass is 183 g/mol. The summed E-state index contributed by atoms with van der Waals surface area (Å²) in [5, 5.41) is 9.59. The van der Waals surface area contributed by atoms with Gasteiger partial charge in [0.15, 0.2) is 0 Å². The van der Waals surface area contributed by atoms with E-state index in [1.807, 2.05) is 0 Å². The number of hydrogen-bond acceptors (Lipinski definition) is 2. The van der Waals surface area contributed by atoms with Gasteiger partial charge in [-0.3, -0.25) is 4.90 Å². The van der Waals surface area contributed by atoms with Gasteiger partial charge >= 0.3 is 0 Å². The van der Waals surface area contributed by atoms with Gasteiger partial charge in [0.2, 0.25) is 0 Å². The number of nitrogens with zero attached hydrogens (tertiary/aromatic N) is 1. The highest BCUT2D eigenvalue weighted by Crippen LogP contribution is 2.33. The van der Waals surface area contributed by atoms with E-state index in [1.165, 1.54) is 32.2 Å². The molecule has 0 radical (unpaired) electrons. The summed E-state index contributed by atoms with van der Waals surface area (Å²) >= 11 is 0. The SMILES string of the molecule is CCC[C@H]1C[C@@H](O)CN1CC1CC1. The fourth-order valence-electron chi connectivity index (χ4n) is 2.45. The Hall–Kier alpha value is -0.0800. The second-order valence-electron chi connectivity index (χ2n) is 4.73. The summed E-state index contributed by atoms with van der Waals surface area (Å²) in [7, 11) is 0. The molecular formula is C11H21NO. The number of rotatable bonds is 4.